The van der Waals surface area contributed by atoms with E-state index in [-0.39, 0.29) is 23.6 Å². The number of anilines is 1. The predicted molar refractivity (Wildman–Crippen MR) is 115 cm³/mol. The van der Waals surface area contributed by atoms with Crippen molar-refractivity contribution < 1.29 is 23.8 Å². The molecule has 1 aliphatic heterocycles. The number of carbonyl (C=O) groups excluding carboxylic acids is 2. The summed E-state index contributed by atoms with van der Waals surface area (Å²) in [6.07, 6.45) is 1.66. The van der Waals surface area contributed by atoms with Crippen LogP contribution in [0.25, 0.3) is 6.08 Å². The van der Waals surface area contributed by atoms with Crippen LogP contribution in [-0.2, 0) is 14.3 Å². The molecule has 0 atom stereocenters. The molecule has 3 rings (SSSR count). The van der Waals surface area contributed by atoms with Gasteiger partial charge in [-0.25, -0.2) is 9.79 Å². The first-order chi connectivity index (χ1) is 14.4. The van der Waals surface area contributed by atoms with Crippen LogP contribution in [0.1, 0.15) is 38.8 Å². The third-order valence-corrected chi connectivity index (χ3v) is 4.01. The average Bonchev–Trinajstić information content (AvgIpc) is 3.04. The van der Waals surface area contributed by atoms with Crippen molar-refractivity contribution in [2.24, 2.45) is 4.99 Å². The van der Waals surface area contributed by atoms with E-state index in [4.69, 9.17) is 14.2 Å². The van der Waals surface area contributed by atoms with Crippen LogP contribution in [-0.4, -0.2) is 30.5 Å². The van der Waals surface area contributed by atoms with Crippen LogP contribution in [0, 0.1) is 0 Å². The van der Waals surface area contributed by atoms with Gasteiger partial charge in [0.2, 0.25) is 11.8 Å². The predicted octanol–water partition coefficient (Wildman–Crippen LogP) is 4.18. The number of carbonyl (C=O) groups is 2. The van der Waals surface area contributed by atoms with E-state index in [0.29, 0.717) is 29.4 Å². The Morgan fingerprint density at radius 1 is 1.17 bits per heavy atom. The minimum atomic E-state index is -0.531. The summed E-state index contributed by atoms with van der Waals surface area (Å²) in [5.74, 6) is 0.770. The van der Waals surface area contributed by atoms with Crippen LogP contribution >= 0.6 is 0 Å². The summed E-state index contributed by atoms with van der Waals surface area (Å²) in [5, 5.41) is 2.68. The van der Waals surface area contributed by atoms with Crippen LogP contribution in [0.4, 0.5) is 5.69 Å². The summed E-state index contributed by atoms with van der Waals surface area (Å²) in [7, 11) is 0. The zero-order valence-corrected chi connectivity index (χ0v) is 17.4. The second kappa shape index (κ2) is 9.26. The molecular weight excluding hydrogens is 384 g/mol. The molecule has 0 bridgehead atoms. The first-order valence-corrected chi connectivity index (χ1v) is 9.69. The van der Waals surface area contributed by atoms with Gasteiger partial charge in [-0.1, -0.05) is 6.07 Å². The normalized spacial score (nSPS) is 14.5. The van der Waals surface area contributed by atoms with Gasteiger partial charge in [0.15, 0.2) is 17.2 Å². The molecule has 0 spiro atoms. The van der Waals surface area contributed by atoms with E-state index >= 15 is 0 Å². The molecule has 7 nitrogen and oxygen atoms in total. The summed E-state index contributed by atoms with van der Waals surface area (Å²) in [6.45, 7) is 7.71. The standard InChI is InChI=1S/C23H24N2O5/c1-5-28-21-13-16(6-11-20(21)29-14(2)3)12-19-23(27)30-22(25-19)17-7-9-18(10-8-17)24-15(4)26/h6-14H,5H2,1-4H3,(H,24,26)/b19-12-. The fraction of sp³-hybridized carbons (Fsp3) is 0.261. The van der Waals surface area contributed by atoms with Gasteiger partial charge in [-0.3, -0.25) is 4.79 Å². The molecule has 0 unspecified atom stereocenters. The fourth-order valence-corrected chi connectivity index (χ4v) is 2.82. The minimum absolute atomic E-state index is 0.0161. The summed E-state index contributed by atoms with van der Waals surface area (Å²) in [6, 6.07) is 12.3. The highest BCUT2D eigenvalue weighted by molar-refractivity contribution is 6.13. The monoisotopic (exact) mass is 408 g/mol. The summed E-state index contributed by atoms with van der Waals surface area (Å²) < 4.78 is 16.7. The molecule has 2 aromatic carbocycles. The molecule has 1 amide bonds. The van der Waals surface area contributed by atoms with Crippen LogP contribution in [0.3, 0.4) is 0 Å². The quantitative estimate of drug-likeness (QED) is 0.549. The highest BCUT2D eigenvalue weighted by Gasteiger charge is 2.24. The van der Waals surface area contributed by atoms with Crippen LogP contribution < -0.4 is 14.8 Å². The van der Waals surface area contributed by atoms with Gasteiger partial charge < -0.3 is 19.5 Å². The second-order valence-corrected chi connectivity index (χ2v) is 6.90. The summed E-state index contributed by atoms with van der Waals surface area (Å²) in [5.41, 5.74) is 2.22. The Bertz CT molecular complexity index is 1010. The Hall–Kier alpha value is -3.61. The zero-order valence-electron chi connectivity index (χ0n) is 17.4. The largest absolute Gasteiger partial charge is 0.490 e. The fourth-order valence-electron chi connectivity index (χ4n) is 2.82. The number of nitrogens with one attached hydrogen (secondary N) is 1. The third kappa shape index (κ3) is 5.26. The highest BCUT2D eigenvalue weighted by atomic mass is 16.6. The summed E-state index contributed by atoms with van der Waals surface area (Å²) >= 11 is 0. The number of aliphatic imine (C=N–C) groups is 1. The highest BCUT2D eigenvalue weighted by Crippen LogP contribution is 2.31. The molecule has 1 heterocycles. The number of amides is 1. The van der Waals surface area contributed by atoms with Gasteiger partial charge in [-0.15, -0.1) is 0 Å². The van der Waals surface area contributed by atoms with Crippen molar-refractivity contribution >= 4 is 29.5 Å². The Kier molecular flexibility index (Phi) is 6.51. The maximum Gasteiger partial charge on any atom is 0.363 e. The number of benzene rings is 2. The lowest BCUT2D eigenvalue weighted by Gasteiger charge is -2.14. The third-order valence-electron chi connectivity index (χ3n) is 4.01. The number of hydrogen-bond donors (Lipinski definition) is 1. The number of hydrogen-bond acceptors (Lipinski definition) is 6. The van der Waals surface area contributed by atoms with E-state index < -0.39 is 5.97 Å². The van der Waals surface area contributed by atoms with Crippen molar-refractivity contribution in [2.75, 3.05) is 11.9 Å². The maximum atomic E-state index is 12.3. The van der Waals surface area contributed by atoms with E-state index in [2.05, 4.69) is 10.3 Å². The Labute approximate surface area is 175 Å². The Morgan fingerprint density at radius 3 is 2.53 bits per heavy atom. The molecule has 1 aliphatic rings. The molecule has 0 radical (unpaired) electrons. The van der Waals surface area contributed by atoms with Gasteiger partial charge in [0, 0.05) is 18.2 Å². The van der Waals surface area contributed by atoms with E-state index in [0.717, 1.165) is 5.56 Å². The van der Waals surface area contributed by atoms with Crippen molar-refractivity contribution in [2.45, 2.75) is 33.8 Å². The average molecular weight is 408 g/mol. The molecule has 0 fully saturated rings. The second-order valence-electron chi connectivity index (χ2n) is 6.90. The van der Waals surface area contributed by atoms with E-state index in [1.165, 1.54) is 6.92 Å². The lowest BCUT2D eigenvalue weighted by molar-refractivity contribution is -0.129. The van der Waals surface area contributed by atoms with Crippen LogP contribution in [0.5, 0.6) is 11.5 Å². The van der Waals surface area contributed by atoms with Crippen molar-refractivity contribution in [3.63, 3.8) is 0 Å². The topological polar surface area (TPSA) is 86.2 Å². The molecule has 156 valence electrons. The minimum Gasteiger partial charge on any atom is -0.490 e. The van der Waals surface area contributed by atoms with E-state index in [1.807, 2.05) is 32.9 Å². The van der Waals surface area contributed by atoms with Gasteiger partial charge in [0.05, 0.1) is 12.7 Å². The molecule has 0 saturated carbocycles. The van der Waals surface area contributed by atoms with Crippen molar-refractivity contribution in [3.05, 3.63) is 59.3 Å². The maximum absolute atomic E-state index is 12.3. The summed E-state index contributed by atoms with van der Waals surface area (Å²) in [4.78, 5) is 27.7. The lowest BCUT2D eigenvalue weighted by atomic mass is 10.1. The van der Waals surface area contributed by atoms with Gasteiger partial charge in [-0.2, -0.15) is 0 Å². The smallest absolute Gasteiger partial charge is 0.363 e. The van der Waals surface area contributed by atoms with Gasteiger partial charge in [-0.05, 0) is 68.8 Å². The number of rotatable bonds is 7. The van der Waals surface area contributed by atoms with Gasteiger partial charge >= 0.3 is 5.97 Å². The molecular formula is C23H24N2O5. The first kappa shape index (κ1) is 21.1. The molecule has 7 heteroatoms. The van der Waals surface area contributed by atoms with E-state index in [9.17, 15) is 9.59 Å². The Morgan fingerprint density at radius 2 is 1.90 bits per heavy atom. The van der Waals surface area contributed by atoms with E-state index in [1.54, 1.807) is 36.4 Å². The van der Waals surface area contributed by atoms with Crippen molar-refractivity contribution in [3.8, 4) is 11.5 Å². The molecule has 0 aliphatic carbocycles. The van der Waals surface area contributed by atoms with Crippen LogP contribution in [0.2, 0.25) is 0 Å². The van der Waals surface area contributed by atoms with Gasteiger partial charge in [0.25, 0.3) is 0 Å². The van der Waals surface area contributed by atoms with Crippen LogP contribution in [0.15, 0.2) is 53.2 Å². The first-order valence-electron chi connectivity index (χ1n) is 9.69. The lowest BCUT2D eigenvalue weighted by Crippen LogP contribution is -2.07. The molecule has 0 saturated heterocycles. The molecule has 1 N–H and O–H groups in total. The molecule has 0 aromatic heterocycles. The number of nitrogens with zero attached hydrogens (tertiary/aromatic N) is 1. The van der Waals surface area contributed by atoms with Crippen molar-refractivity contribution in [1.29, 1.82) is 0 Å². The molecule has 30 heavy (non-hydrogen) atoms. The Balaban J connectivity index is 1.84. The molecule has 2 aromatic rings. The number of esters is 1. The number of ether oxygens (including phenoxy) is 3. The van der Waals surface area contributed by atoms with Crippen molar-refractivity contribution in [1.82, 2.24) is 0 Å². The zero-order chi connectivity index (χ0) is 21.7. The number of cyclic esters (lactones) is 1. The van der Waals surface area contributed by atoms with Gasteiger partial charge in [0.1, 0.15) is 0 Å². The SMILES string of the molecule is CCOc1cc(/C=C2\N=C(c3ccc(NC(C)=O)cc3)OC2=O)ccc1OC(C)C.